The van der Waals surface area contributed by atoms with Crippen molar-refractivity contribution in [3.63, 3.8) is 0 Å². The Kier molecular flexibility index (Phi) is 5.23. The molecule has 0 aliphatic heterocycles. The van der Waals surface area contributed by atoms with Gasteiger partial charge in [0.1, 0.15) is 11.4 Å². The van der Waals surface area contributed by atoms with Gasteiger partial charge in [0, 0.05) is 11.1 Å². The van der Waals surface area contributed by atoms with Crippen LogP contribution in [0.25, 0.3) is 10.2 Å². The maximum absolute atomic E-state index is 12.0. The van der Waals surface area contributed by atoms with Gasteiger partial charge in [0.25, 0.3) is 0 Å². The summed E-state index contributed by atoms with van der Waals surface area (Å²) in [7, 11) is 0. The summed E-state index contributed by atoms with van der Waals surface area (Å²) in [5.74, 6) is -0.869. The average Bonchev–Trinajstić information content (AvgIpc) is 3.39. The molecule has 3 heterocycles. The van der Waals surface area contributed by atoms with Crippen LogP contribution in [0, 0.1) is 0 Å². The van der Waals surface area contributed by atoms with Crippen LogP contribution in [0.5, 0.6) is 0 Å². The number of benzene rings is 1. The Morgan fingerprint density at radius 2 is 2.03 bits per heavy atom. The monoisotopic (exact) mass is 433 g/mol. The molecule has 3 aromatic heterocycles. The van der Waals surface area contributed by atoms with Crippen molar-refractivity contribution in [2.24, 2.45) is 0 Å². The molecule has 1 amide bonds. The Balaban J connectivity index is 1.33. The number of rotatable bonds is 7. The van der Waals surface area contributed by atoms with Gasteiger partial charge in [0.15, 0.2) is 11.5 Å². The number of halogens is 1. The molecule has 0 spiro atoms. The number of nitrogens with one attached hydrogen (secondary N) is 1. The molecule has 0 radical (unpaired) electrons. The van der Waals surface area contributed by atoms with Crippen molar-refractivity contribution in [1.82, 2.24) is 25.7 Å². The molecule has 0 bridgehead atoms. The van der Waals surface area contributed by atoms with Gasteiger partial charge in [0.2, 0.25) is 17.7 Å². The van der Waals surface area contributed by atoms with Crippen LogP contribution in [0.15, 0.2) is 33.2 Å². The van der Waals surface area contributed by atoms with Gasteiger partial charge in [-0.05, 0) is 18.2 Å². The first kappa shape index (κ1) is 19.0. The third-order valence-corrected chi connectivity index (χ3v) is 5.03. The second-order valence-corrected chi connectivity index (χ2v) is 7.47. The third-order valence-electron chi connectivity index (χ3n) is 3.75. The van der Waals surface area contributed by atoms with Gasteiger partial charge in [-0.15, -0.1) is 21.5 Å². The molecule has 0 saturated carbocycles. The Labute approximate surface area is 171 Å². The Hall–Kier alpha value is -3.31. The SMILES string of the molecule is O=C(Cc1nnc(Cc2nc3cc(Cl)ccc3s2)o1)NCc1cc(C(=O)O)no1. The van der Waals surface area contributed by atoms with Gasteiger partial charge in [0.05, 0.1) is 23.2 Å². The summed E-state index contributed by atoms with van der Waals surface area (Å²) in [6.07, 6.45) is 0.226. The van der Waals surface area contributed by atoms with Gasteiger partial charge < -0.3 is 19.4 Å². The fraction of sp³-hybridized carbons (Fsp3) is 0.176. The highest BCUT2D eigenvalue weighted by molar-refractivity contribution is 7.18. The van der Waals surface area contributed by atoms with E-state index >= 15 is 0 Å². The number of fused-ring (bicyclic) bond motifs is 1. The van der Waals surface area contributed by atoms with Crippen LogP contribution in [0.2, 0.25) is 5.02 Å². The number of carbonyl (C=O) groups excluding carboxylic acids is 1. The highest BCUT2D eigenvalue weighted by atomic mass is 35.5. The number of thiazole rings is 1. The normalized spacial score (nSPS) is 11.1. The summed E-state index contributed by atoms with van der Waals surface area (Å²) < 4.78 is 11.3. The van der Waals surface area contributed by atoms with Crippen molar-refractivity contribution < 1.29 is 23.6 Å². The van der Waals surface area contributed by atoms with E-state index in [0.29, 0.717) is 17.3 Å². The van der Waals surface area contributed by atoms with Gasteiger partial charge in [-0.2, -0.15) is 0 Å². The number of carboxylic acid groups (broad SMARTS) is 1. The van der Waals surface area contributed by atoms with Gasteiger partial charge in [-0.3, -0.25) is 4.79 Å². The van der Waals surface area contributed by atoms with E-state index in [0.717, 1.165) is 15.2 Å². The standard InChI is InChI=1S/C17H12ClN5O5S/c18-8-1-2-12-10(3-8)20-16(29-12)6-15-22-21-14(27-15)5-13(24)19-7-9-4-11(17(25)26)23-28-9/h1-4H,5-7H2,(H,19,24)(H,25,26). The van der Waals surface area contributed by atoms with Gasteiger partial charge in [-0.25, -0.2) is 9.78 Å². The minimum Gasteiger partial charge on any atom is -0.476 e. The van der Waals surface area contributed by atoms with Gasteiger partial charge >= 0.3 is 5.97 Å². The number of aromatic carboxylic acids is 1. The fourth-order valence-corrected chi connectivity index (χ4v) is 3.57. The maximum atomic E-state index is 12.0. The molecular formula is C17H12ClN5O5S. The lowest BCUT2D eigenvalue weighted by atomic mass is 10.3. The summed E-state index contributed by atoms with van der Waals surface area (Å²) in [4.78, 5) is 27.2. The third kappa shape index (κ3) is 4.58. The number of hydrogen-bond acceptors (Lipinski definition) is 9. The minimum absolute atomic E-state index is 0.00558. The van der Waals surface area contributed by atoms with E-state index in [2.05, 4.69) is 25.7 Å². The van der Waals surface area contributed by atoms with E-state index in [9.17, 15) is 9.59 Å². The van der Waals surface area contributed by atoms with Crippen molar-refractivity contribution >= 4 is 45.0 Å². The van der Waals surface area contributed by atoms with Crippen molar-refractivity contribution in [3.8, 4) is 0 Å². The number of amides is 1. The quantitative estimate of drug-likeness (QED) is 0.448. The molecule has 0 fully saturated rings. The molecule has 4 aromatic rings. The molecule has 0 aliphatic rings. The lowest BCUT2D eigenvalue weighted by Crippen LogP contribution is -2.24. The highest BCUT2D eigenvalue weighted by Crippen LogP contribution is 2.26. The Bertz CT molecular complexity index is 1200. The van der Waals surface area contributed by atoms with Gasteiger partial charge in [-0.1, -0.05) is 16.8 Å². The van der Waals surface area contributed by atoms with Crippen molar-refractivity contribution in [2.45, 2.75) is 19.4 Å². The molecule has 12 heteroatoms. The molecule has 0 saturated heterocycles. The number of carbonyl (C=O) groups is 2. The lowest BCUT2D eigenvalue weighted by Gasteiger charge is -1.99. The predicted molar refractivity (Wildman–Crippen MR) is 101 cm³/mol. The number of aromatic nitrogens is 4. The highest BCUT2D eigenvalue weighted by Gasteiger charge is 2.15. The zero-order valence-electron chi connectivity index (χ0n) is 14.6. The molecule has 10 nitrogen and oxygen atoms in total. The summed E-state index contributed by atoms with van der Waals surface area (Å²) in [6, 6.07) is 6.72. The molecule has 4 rings (SSSR count). The summed E-state index contributed by atoms with van der Waals surface area (Å²) >= 11 is 7.47. The maximum Gasteiger partial charge on any atom is 0.358 e. The summed E-state index contributed by atoms with van der Waals surface area (Å²) in [6.45, 7) is -0.00558. The average molecular weight is 434 g/mol. The van der Waals surface area contributed by atoms with Crippen LogP contribution in [-0.4, -0.2) is 37.3 Å². The lowest BCUT2D eigenvalue weighted by molar-refractivity contribution is -0.121. The molecule has 0 unspecified atom stereocenters. The Morgan fingerprint density at radius 1 is 1.21 bits per heavy atom. The van der Waals surface area contributed by atoms with Crippen molar-refractivity contribution in [1.29, 1.82) is 0 Å². The number of nitrogens with zero attached hydrogens (tertiary/aromatic N) is 4. The van der Waals surface area contributed by atoms with Crippen LogP contribution in [-0.2, 0) is 24.2 Å². The first-order valence-electron chi connectivity index (χ1n) is 8.28. The topological polar surface area (TPSA) is 144 Å². The van der Waals surface area contributed by atoms with Crippen molar-refractivity contribution in [3.05, 3.63) is 57.5 Å². The van der Waals surface area contributed by atoms with Crippen LogP contribution < -0.4 is 5.32 Å². The smallest absolute Gasteiger partial charge is 0.358 e. The number of carboxylic acids is 1. The predicted octanol–water partition coefficient (Wildman–Crippen LogP) is 2.47. The fourth-order valence-electron chi connectivity index (χ4n) is 2.47. The van der Waals surface area contributed by atoms with Crippen LogP contribution >= 0.6 is 22.9 Å². The molecule has 1 aromatic carbocycles. The van der Waals surface area contributed by atoms with Crippen LogP contribution in [0.3, 0.4) is 0 Å². The van der Waals surface area contributed by atoms with Crippen molar-refractivity contribution in [2.75, 3.05) is 0 Å². The minimum atomic E-state index is -1.21. The largest absolute Gasteiger partial charge is 0.476 e. The molecule has 148 valence electrons. The first-order valence-corrected chi connectivity index (χ1v) is 9.47. The number of hydrogen-bond donors (Lipinski definition) is 2. The summed E-state index contributed by atoms with van der Waals surface area (Å²) in [5.41, 5.74) is 0.572. The second kappa shape index (κ2) is 7.97. The Morgan fingerprint density at radius 3 is 2.83 bits per heavy atom. The molecular weight excluding hydrogens is 422 g/mol. The van der Waals surface area contributed by atoms with E-state index in [1.807, 2.05) is 6.07 Å². The van der Waals surface area contributed by atoms with Crippen LogP contribution in [0.4, 0.5) is 0 Å². The van der Waals surface area contributed by atoms with E-state index in [1.54, 1.807) is 12.1 Å². The summed E-state index contributed by atoms with van der Waals surface area (Å²) in [5, 5.41) is 23.9. The zero-order chi connectivity index (χ0) is 20.4. The van der Waals surface area contributed by atoms with E-state index in [4.69, 9.17) is 25.6 Å². The van der Waals surface area contributed by atoms with E-state index in [-0.39, 0.29) is 36.2 Å². The molecule has 29 heavy (non-hydrogen) atoms. The molecule has 2 N–H and O–H groups in total. The second-order valence-electron chi connectivity index (χ2n) is 5.92. The molecule has 0 atom stereocenters. The zero-order valence-corrected chi connectivity index (χ0v) is 16.2. The van der Waals surface area contributed by atoms with E-state index < -0.39 is 5.97 Å². The van der Waals surface area contributed by atoms with E-state index in [1.165, 1.54) is 17.4 Å². The first-order chi connectivity index (χ1) is 14.0. The molecule has 0 aliphatic carbocycles. The van der Waals surface area contributed by atoms with Crippen LogP contribution in [0.1, 0.15) is 33.0 Å².